The number of benzene rings is 1. The molecule has 7 heteroatoms. The molecule has 1 aliphatic rings. The summed E-state index contributed by atoms with van der Waals surface area (Å²) in [5.74, 6) is 1.03. The lowest BCUT2D eigenvalue weighted by molar-refractivity contribution is -0.123. The minimum absolute atomic E-state index is 0.0418. The number of ether oxygens (including phenoxy) is 3. The lowest BCUT2D eigenvalue weighted by atomic mass is 10.1. The van der Waals surface area contributed by atoms with E-state index < -0.39 is 0 Å². The molecule has 0 spiro atoms. The van der Waals surface area contributed by atoms with Crippen molar-refractivity contribution in [2.75, 3.05) is 46.6 Å². The van der Waals surface area contributed by atoms with Crippen LogP contribution in [0.15, 0.2) is 41.1 Å². The molecule has 140 valence electrons. The van der Waals surface area contributed by atoms with Crippen LogP contribution in [0.5, 0.6) is 11.5 Å². The smallest absolute Gasteiger partial charge is 0.258 e. The molecule has 0 aliphatic carbocycles. The van der Waals surface area contributed by atoms with Crippen molar-refractivity contribution >= 4 is 17.2 Å². The van der Waals surface area contributed by atoms with E-state index in [4.69, 9.17) is 14.2 Å². The lowest BCUT2D eigenvalue weighted by Crippen LogP contribution is -2.44. The number of carbonyl (C=O) groups excluding carboxylic acids is 1. The minimum atomic E-state index is -0.149. The maximum absolute atomic E-state index is 12.3. The van der Waals surface area contributed by atoms with E-state index in [1.54, 1.807) is 30.6 Å². The van der Waals surface area contributed by atoms with Crippen LogP contribution in [-0.2, 0) is 9.53 Å². The summed E-state index contributed by atoms with van der Waals surface area (Å²) in [6.07, 6.45) is 0. The molecule has 6 nitrogen and oxygen atoms in total. The van der Waals surface area contributed by atoms with Crippen molar-refractivity contribution in [3.63, 3.8) is 0 Å². The van der Waals surface area contributed by atoms with Gasteiger partial charge in [0.15, 0.2) is 18.1 Å². The van der Waals surface area contributed by atoms with Gasteiger partial charge >= 0.3 is 0 Å². The van der Waals surface area contributed by atoms with Gasteiger partial charge in [0, 0.05) is 19.6 Å². The van der Waals surface area contributed by atoms with E-state index in [0.717, 1.165) is 26.3 Å². The van der Waals surface area contributed by atoms with Crippen molar-refractivity contribution in [1.82, 2.24) is 10.2 Å². The average Bonchev–Trinajstić information content (AvgIpc) is 3.22. The van der Waals surface area contributed by atoms with Crippen molar-refractivity contribution in [3.8, 4) is 11.5 Å². The summed E-state index contributed by atoms with van der Waals surface area (Å²) in [7, 11) is 1.58. The molecule has 0 radical (unpaired) electrons. The molecule has 1 aromatic heterocycles. The Morgan fingerprint density at radius 1 is 1.27 bits per heavy atom. The zero-order valence-electron chi connectivity index (χ0n) is 14.8. The summed E-state index contributed by atoms with van der Waals surface area (Å²) < 4.78 is 16.3. The van der Waals surface area contributed by atoms with Gasteiger partial charge in [0.2, 0.25) is 0 Å². The molecule has 2 heterocycles. The highest BCUT2D eigenvalue weighted by molar-refractivity contribution is 7.07. The number of nitrogens with zero attached hydrogens (tertiary/aromatic N) is 1. The molecule has 1 unspecified atom stereocenters. The van der Waals surface area contributed by atoms with Crippen LogP contribution in [0.4, 0.5) is 0 Å². The largest absolute Gasteiger partial charge is 0.493 e. The summed E-state index contributed by atoms with van der Waals surface area (Å²) in [4.78, 5) is 14.6. The fourth-order valence-corrected chi connectivity index (χ4v) is 3.66. The first kappa shape index (κ1) is 18.7. The van der Waals surface area contributed by atoms with Crippen LogP contribution in [0.2, 0.25) is 0 Å². The van der Waals surface area contributed by atoms with Gasteiger partial charge in [0.05, 0.1) is 26.4 Å². The summed E-state index contributed by atoms with van der Waals surface area (Å²) in [5.41, 5.74) is 1.22. The number of morpholine rings is 1. The summed E-state index contributed by atoms with van der Waals surface area (Å²) in [6, 6.07) is 9.56. The normalized spacial score (nSPS) is 16.0. The van der Waals surface area contributed by atoms with E-state index in [2.05, 4.69) is 27.0 Å². The fraction of sp³-hybridized carbons (Fsp3) is 0.421. The van der Waals surface area contributed by atoms with E-state index in [0.29, 0.717) is 18.0 Å². The topological polar surface area (TPSA) is 60.0 Å². The van der Waals surface area contributed by atoms with Crippen LogP contribution in [0.1, 0.15) is 11.6 Å². The maximum atomic E-state index is 12.3. The van der Waals surface area contributed by atoms with Gasteiger partial charge in [-0.1, -0.05) is 12.1 Å². The highest BCUT2D eigenvalue weighted by Gasteiger charge is 2.23. The van der Waals surface area contributed by atoms with Gasteiger partial charge in [-0.15, -0.1) is 0 Å². The van der Waals surface area contributed by atoms with Gasteiger partial charge in [-0.05, 0) is 34.5 Å². The van der Waals surface area contributed by atoms with E-state index in [1.165, 1.54) is 5.56 Å². The first-order chi connectivity index (χ1) is 12.8. The van der Waals surface area contributed by atoms with Crippen molar-refractivity contribution in [2.45, 2.75) is 6.04 Å². The molecular weight excluding hydrogens is 352 g/mol. The van der Waals surface area contributed by atoms with Gasteiger partial charge in [-0.2, -0.15) is 11.3 Å². The molecule has 1 amide bonds. The highest BCUT2D eigenvalue weighted by Crippen LogP contribution is 2.26. The van der Waals surface area contributed by atoms with Crippen molar-refractivity contribution in [2.24, 2.45) is 0 Å². The van der Waals surface area contributed by atoms with Gasteiger partial charge in [0.25, 0.3) is 5.91 Å². The Hall–Kier alpha value is -2.09. The molecule has 0 bridgehead atoms. The standard InChI is InChI=1S/C19H24N2O4S/c1-23-17-4-2-3-5-18(17)25-13-19(22)20-12-16(15-6-11-26-14-15)21-7-9-24-10-8-21/h2-6,11,14,16H,7-10,12-13H2,1H3,(H,20,22). The number of thiophene rings is 1. The van der Waals surface area contributed by atoms with Crippen molar-refractivity contribution in [1.29, 1.82) is 0 Å². The second-order valence-corrected chi connectivity index (χ2v) is 6.74. The number of para-hydroxylation sites is 2. The summed E-state index contributed by atoms with van der Waals surface area (Å²) in [5, 5.41) is 7.19. The number of amides is 1. The number of nitrogens with one attached hydrogen (secondary N) is 1. The predicted octanol–water partition coefficient (Wildman–Crippen LogP) is 2.33. The lowest BCUT2D eigenvalue weighted by Gasteiger charge is -2.34. The number of hydrogen-bond donors (Lipinski definition) is 1. The zero-order valence-corrected chi connectivity index (χ0v) is 15.7. The number of rotatable bonds is 8. The van der Waals surface area contributed by atoms with E-state index in [1.807, 2.05) is 12.1 Å². The van der Waals surface area contributed by atoms with E-state index in [9.17, 15) is 4.79 Å². The number of methoxy groups -OCH3 is 1. The molecular formula is C19H24N2O4S. The first-order valence-corrected chi connectivity index (χ1v) is 9.58. The van der Waals surface area contributed by atoms with Crippen molar-refractivity contribution < 1.29 is 19.0 Å². The summed E-state index contributed by atoms with van der Waals surface area (Å²) >= 11 is 1.67. The van der Waals surface area contributed by atoms with Crippen molar-refractivity contribution in [3.05, 3.63) is 46.7 Å². The average molecular weight is 376 g/mol. The Balaban J connectivity index is 1.54. The monoisotopic (exact) mass is 376 g/mol. The third kappa shape index (κ3) is 4.97. The first-order valence-electron chi connectivity index (χ1n) is 8.64. The maximum Gasteiger partial charge on any atom is 0.258 e. The summed E-state index contributed by atoms with van der Waals surface area (Å²) in [6.45, 7) is 3.70. The Labute approximate surface area is 157 Å². The molecule has 0 saturated carbocycles. The van der Waals surface area contributed by atoms with Gasteiger partial charge in [-0.25, -0.2) is 0 Å². The zero-order chi connectivity index (χ0) is 18.2. The van der Waals surface area contributed by atoms with Gasteiger partial charge in [-0.3, -0.25) is 9.69 Å². The van der Waals surface area contributed by atoms with Gasteiger partial charge in [0.1, 0.15) is 0 Å². The fourth-order valence-electron chi connectivity index (χ4n) is 2.95. The quantitative estimate of drug-likeness (QED) is 0.766. The van der Waals surface area contributed by atoms with Gasteiger partial charge < -0.3 is 19.5 Å². The second kappa shape index (κ2) is 9.56. The molecule has 3 rings (SSSR count). The van der Waals surface area contributed by atoms with Crippen LogP contribution in [-0.4, -0.2) is 57.4 Å². The van der Waals surface area contributed by atoms with E-state index >= 15 is 0 Å². The number of carbonyl (C=O) groups is 1. The molecule has 1 aromatic carbocycles. The van der Waals surface area contributed by atoms with Crippen LogP contribution in [0.25, 0.3) is 0 Å². The SMILES string of the molecule is COc1ccccc1OCC(=O)NCC(c1ccsc1)N1CCOCC1. The van der Waals surface area contributed by atoms with Crippen LogP contribution in [0.3, 0.4) is 0 Å². The minimum Gasteiger partial charge on any atom is -0.493 e. The predicted molar refractivity (Wildman–Crippen MR) is 101 cm³/mol. The molecule has 1 N–H and O–H groups in total. The Kier molecular flexibility index (Phi) is 6.88. The Bertz CT molecular complexity index is 687. The second-order valence-electron chi connectivity index (χ2n) is 5.96. The Morgan fingerprint density at radius 3 is 2.73 bits per heavy atom. The third-order valence-electron chi connectivity index (χ3n) is 4.33. The molecule has 1 saturated heterocycles. The Morgan fingerprint density at radius 2 is 2.04 bits per heavy atom. The molecule has 26 heavy (non-hydrogen) atoms. The van der Waals surface area contributed by atoms with Crippen LogP contribution >= 0.6 is 11.3 Å². The molecule has 1 aliphatic heterocycles. The molecule has 1 fully saturated rings. The van der Waals surface area contributed by atoms with Crippen LogP contribution < -0.4 is 14.8 Å². The highest BCUT2D eigenvalue weighted by atomic mass is 32.1. The number of hydrogen-bond acceptors (Lipinski definition) is 6. The molecule has 1 atom stereocenters. The van der Waals surface area contributed by atoms with Crippen LogP contribution in [0, 0.1) is 0 Å². The molecule has 2 aromatic rings. The third-order valence-corrected chi connectivity index (χ3v) is 5.04. The van der Waals surface area contributed by atoms with E-state index in [-0.39, 0.29) is 18.6 Å².